The summed E-state index contributed by atoms with van der Waals surface area (Å²) < 4.78 is 0. The molecule has 0 fully saturated rings. The van der Waals surface area contributed by atoms with Crippen LogP contribution in [0.1, 0.15) is 12.0 Å². The van der Waals surface area contributed by atoms with Crippen LogP contribution in [0, 0.1) is 16.7 Å². The van der Waals surface area contributed by atoms with Crippen molar-refractivity contribution in [2.24, 2.45) is 0 Å². The van der Waals surface area contributed by atoms with Gasteiger partial charge in [0.25, 0.3) is 5.69 Å². The summed E-state index contributed by atoms with van der Waals surface area (Å²) in [6, 6.07) is 6.47. The van der Waals surface area contributed by atoms with Crippen LogP contribution in [0.3, 0.4) is 0 Å². The summed E-state index contributed by atoms with van der Waals surface area (Å²) >= 11 is 0. The van der Waals surface area contributed by atoms with Gasteiger partial charge in [-0.1, -0.05) is 12.1 Å². The Bertz CT molecular complexity index is 527. The molecule has 1 N–H and O–H groups in total. The first-order valence-electron chi connectivity index (χ1n) is 5.63. The molecule has 0 bridgehead atoms. The number of hydrogen-bond acceptors (Lipinski definition) is 3. The summed E-state index contributed by atoms with van der Waals surface area (Å²) in [4.78, 5) is 10.1. The van der Waals surface area contributed by atoms with Crippen LogP contribution in [0.15, 0.2) is 53.8 Å². The number of benzene rings is 1. The average Bonchev–Trinajstić information content (AvgIpc) is 2.38. The van der Waals surface area contributed by atoms with Gasteiger partial charge in [0.15, 0.2) is 0 Å². The fraction of sp³-hybridized carbons (Fsp3) is 0.143. The zero-order valence-electron chi connectivity index (χ0n) is 9.80. The molecule has 0 amide bonds. The van der Waals surface area contributed by atoms with Gasteiger partial charge in [-0.3, -0.25) is 10.1 Å². The molecule has 0 spiro atoms. The van der Waals surface area contributed by atoms with E-state index in [0.717, 1.165) is 17.7 Å². The Labute approximate surface area is 105 Å². The van der Waals surface area contributed by atoms with Gasteiger partial charge in [-0.05, 0) is 11.6 Å². The first kappa shape index (κ1) is 12.0. The zero-order valence-corrected chi connectivity index (χ0v) is 9.80. The van der Waals surface area contributed by atoms with Crippen LogP contribution in [0.25, 0.3) is 0 Å². The third-order valence-electron chi connectivity index (χ3n) is 2.70. The van der Waals surface area contributed by atoms with Crippen molar-refractivity contribution in [1.29, 1.82) is 0 Å². The SMILES string of the molecule is [CH+]=C1C=CCC=C1NCc1ccc([N+](=O)[O-])cc1. The molecule has 0 heterocycles. The summed E-state index contributed by atoms with van der Waals surface area (Å²) in [6.07, 6.45) is 6.74. The molecule has 0 saturated heterocycles. The molecule has 0 unspecified atom stereocenters. The van der Waals surface area contributed by atoms with E-state index in [4.69, 9.17) is 6.58 Å². The lowest BCUT2D eigenvalue weighted by Gasteiger charge is -2.06. The zero-order chi connectivity index (χ0) is 13.0. The molecule has 0 atom stereocenters. The van der Waals surface area contributed by atoms with Crippen molar-refractivity contribution in [2.75, 3.05) is 0 Å². The van der Waals surface area contributed by atoms with E-state index in [2.05, 4.69) is 5.32 Å². The molecule has 0 saturated carbocycles. The Hall–Kier alpha value is -2.45. The molecule has 0 aromatic heterocycles. The lowest BCUT2D eigenvalue weighted by atomic mass is 10.1. The van der Waals surface area contributed by atoms with Crippen LogP contribution in [0.4, 0.5) is 5.69 Å². The van der Waals surface area contributed by atoms with E-state index >= 15 is 0 Å². The number of hydrogen-bond donors (Lipinski definition) is 1. The first-order chi connectivity index (χ1) is 8.66. The summed E-state index contributed by atoms with van der Waals surface area (Å²) in [5, 5.41) is 13.7. The molecule has 18 heavy (non-hydrogen) atoms. The quantitative estimate of drug-likeness (QED) is 0.501. The van der Waals surface area contributed by atoms with E-state index in [1.807, 2.05) is 18.2 Å². The minimum absolute atomic E-state index is 0.102. The minimum atomic E-state index is -0.405. The van der Waals surface area contributed by atoms with Crippen LogP contribution in [0.5, 0.6) is 0 Å². The second-order valence-electron chi connectivity index (χ2n) is 3.99. The fourth-order valence-corrected chi connectivity index (χ4v) is 1.70. The van der Waals surface area contributed by atoms with Crippen LogP contribution in [0.2, 0.25) is 0 Å². The van der Waals surface area contributed by atoms with Gasteiger partial charge in [0.05, 0.1) is 17.5 Å². The molecule has 0 aliphatic heterocycles. The maximum Gasteiger partial charge on any atom is 0.269 e. The Morgan fingerprint density at radius 1 is 1.33 bits per heavy atom. The predicted octanol–water partition coefficient (Wildman–Crippen LogP) is 2.89. The van der Waals surface area contributed by atoms with E-state index in [-0.39, 0.29) is 5.69 Å². The molecule has 1 aromatic carbocycles. The third kappa shape index (κ3) is 2.81. The van der Waals surface area contributed by atoms with Crippen LogP contribution in [-0.4, -0.2) is 4.92 Å². The normalized spacial score (nSPS) is 14.2. The lowest BCUT2D eigenvalue weighted by molar-refractivity contribution is -0.384. The van der Waals surface area contributed by atoms with Crippen molar-refractivity contribution in [2.45, 2.75) is 13.0 Å². The molecule has 4 heteroatoms. The van der Waals surface area contributed by atoms with E-state index < -0.39 is 4.92 Å². The van der Waals surface area contributed by atoms with Crippen LogP contribution >= 0.6 is 0 Å². The van der Waals surface area contributed by atoms with Crippen molar-refractivity contribution >= 4 is 5.69 Å². The number of nitrogens with one attached hydrogen (secondary N) is 1. The monoisotopic (exact) mass is 241 g/mol. The second kappa shape index (κ2) is 5.25. The highest BCUT2D eigenvalue weighted by Gasteiger charge is 2.12. The minimum Gasteiger partial charge on any atom is -0.329 e. The van der Waals surface area contributed by atoms with Gasteiger partial charge in [-0.2, -0.15) is 0 Å². The highest BCUT2D eigenvalue weighted by Crippen LogP contribution is 2.15. The highest BCUT2D eigenvalue weighted by molar-refractivity contribution is 5.39. The van der Waals surface area contributed by atoms with Crippen LogP contribution < -0.4 is 5.32 Å². The highest BCUT2D eigenvalue weighted by atomic mass is 16.6. The van der Waals surface area contributed by atoms with E-state index in [9.17, 15) is 10.1 Å². The largest absolute Gasteiger partial charge is 0.329 e. The second-order valence-corrected chi connectivity index (χ2v) is 3.99. The van der Waals surface area contributed by atoms with Crippen molar-refractivity contribution in [3.63, 3.8) is 0 Å². The molecule has 1 aromatic rings. The van der Waals surface area contributed by atoms with Gasteiger partial charge < -0.3 is 5.32 Å². The molecule has 1 aliphatic rings. The Morgan fingerprint density at radius 2 is 2.06 bits per heavy atom. The molecular weight excluding hydrogens is 228 g/mol. The smallest absolute Gasteiger partial charge is 0.269 e. The van der Waals surface area contributed by atoms with Gasteiger partial charge in [0, 0.05) is 31.2 Å². The Kier molecular flexibility index (Phi) is 3.51. The summed E-state index contributed by atoms with van der Waals surface area (Å²) in [5.74, 6) is 0. The number of nitro groups is 1. The van der Waals surface area contributed by atoms with Crippen molar-refractivity contribution < 1.29 is 4.92 Å². The average molecular weight is 241 g/mol. The number of rotatable bonds is 4. The van der Waals surface area contributed by atoms with Crippen molar-refractivity contribution in [3.8, 4) is 0 Å². The molecular formula is C14H13N2O2+. The third-order valence-corrected chi connectivity index (χ3v) is 2.70. The molecule has 90 valence electrons. The Morgan fingerprint density at radius 3 is 2.67 bits per heavy atom. The maximum absolute atomic E-state index is 10.5. The van der Waals surface area contributed by atoms with Crippen molar-refractivity contribution in [3.05, 3.63) is 76.0 Å². The lowest BCUT2D eigenvalue weighted by Crippen LogP contribution is -2.14. The van der Waals surface area contributed by atoms with E-state index in [0.29, 0.717) is 12.1 Å². The van der Waals surface area contributed by atoms with Gasteiger partial charge in [0.2, 0.25) is 5.57 Å². The van der Waals surface area contributed by atoms with E-state index in [1.165, 1.54) is 12.1 Å². The number of non-ortho nitro benzene ring substituents is 1. The number of nitro benzene ring substituents is 1. The summed E-state index contributed by atoms with van der Waals surface area (Å²) in [7, 11) is 0. The van der Waals surface area contributed by atoms with Crippen molar-refractivity contribution in [1.82, 2.24) is 5.32 Å². The molecule has 2 rings (SSSR count). The maximum atomic E-state index is 10.5. The first-order valence-corrected chi connectivity index (χ1v) is 5.63. The molecule has 4 nitrogen and oxygen atoms in total. The van der Waals surface area contributed by atoms with Gasteiger partial charge in [0.1, 0.15) is 5.70 Å². The standard InChI is InChI=1S/C14H13N2O2/c1-11-4-2-3-5-14(11)15-10-12-6-8-13(9-7-12)16(17)18/h1-2,4-9,15H,3,10H2/q+1. The number of nitrogens with zero attached hydrogens (tertiary/aromatic N) is 1. The van der Waals surface area contributed by atoms with Gasteiger partial charge >= 0.3 is 0 Å². The topological polar surface area (TPSA) is 55.2 Å². The molecule has 0 radical (unpaired) electrons. The number of allylic oxidation sites excluding steroid dienone is 3. The molecule has 1 aliphatic carbocycles. The van der Waals surface area contributed by atoms with Gasteiger partial charge in [-0.25, -0.2) is 0 Å². The summed E-state index contributed by atoms with van der Waals surface area (Å²) in [5.41, 5.74) is 2.70. The fourth-order valence-electron chi connectivity index (χ4n) is 1.70. The summed E-state index contributed by atoms with van der Waals surface area (Å²) in [6.45, 7) is 6.41. The van der Waals surface area contributed by atoms with Crippen LogP contribution in [-0.2, 0) is 6.54 Å². The Balaban J connectivity index is 1.96. The predicted molar refractivity (Wildman–Crippen MR) is 69.6 cm³/mol. The van der Waals surface area contributed by atoms with Gasteiger partial charge in [-0.15, -0.1) is 0 Å². The van der Waals surface area contributed by atoms with E-state index in [1.54, 1.807) is 12.1 Å².